The van der Waals surface area contributed by atoms with Crippen LogP contribution in [-0.2, 0) is 22.6 Å². The first kappa shape index (κ1) is 21.5. The maximum Gasteiger partial charge on any atom is 0.358 e. The van der Waals surface area contributed by atoms with Crippen molar-refractivity contribution in [3.63, 3.8) is 0 Å². The van der Waals surface area contributed by atoms with Crippen LogP contribution < -0.4 is 5.32 Å². The van der Waals surface area contributed by atoms with Crippen LogP contribution in [0.2, 0.25) is 0 Å². The molecular weight excluding hydrogens is 398 g/mol. The fraction of sp³-hybridized carbons (Fsp3) is 0.261. The molecule has 0 saturated heterocycles. The molecule has 1 aromatic heterocycles. The Balaban J connectivity index is 1.51. The fourth-order valence-electron chi connectivity index (χ4n) is 2.85. The Bertz CT molecular complexity index is 958. The SMILES string of the molecule is CC(C)N(Cc1ccccc1)C(=O)COC(=O)c1csc(NCc2ccccc2)n1. The number of nitrogens with one attached hydrogen (secondary N) is 1. The molecule has 30 heavy (non-hydrogen) atoms. The Morgan fingerprint density at radius 1 is 1.03 bits per heavy atom. The van der Waals surface area contributed by atoms with Gasteiger partial charge in [-0.25, -0.2) is 9.78 Å². The standard InChI is InChI=1S/C23H25N3O3S/c1-17(2)26(14-19-11-7-4-8-12-19)21(27)15-29-22(28)20-16-30-23(25-20)24-13-18-9-5-3-6-10-18/h3-12,16-17H,13-15H2,1-2H3,(H,24,25). The number of esters is 1. The van der Waals surface area contributed by atoms with Gasteiger partial charge in [-0.05, 0) is 25.0 Å². The van der Waals surface area contributed by atoms with Crippen molar-refractivity contribution in [3.05, 3.63) is 82.9 Å². The number of amides is 1. The highest BCUT2D eigenvalue weighted by atomic mass is 32.1. The van der Waals surface area contributed by atoms with Crippen LogP contribution in [0.3, 0.4) is 0 Å². The van der Waals surface area contributed by atoms with Gasteiger partial charge in [-0.1, -0.05) is 60.7 Å². The molecule has 3 rings (SSSR count). The first-order valence-electron chi connectivity index (χ1n) is 9.77. The number of thiazole rings is 1. The van der Waals surface area contributed by atoms with E-state index in [1.807, 2.05) is 74.5 Å². The molecule has 2 aromatic carbocycles. The summed E-state index contributed by atoms with van der Waals surface area (Å²) in [4.78, 5) is 30.9. The van der Waals surface area contributed by atoms with Gasteiger partial charge < -0.3 is 15.0 Å². The molecule has 0 bridgehead atoms. The van der Waals surface area contributed by atoms with Crippen molar-refractivity contribution in [3.8, 4) is 0 Å². The predicted molar refractivity (Wildman–Crippen MR) is 118 cm³/mol. The van der Waals surface area contributed by atoms with Crippen LogP contribution >= 0.6 is 11.3 Å². The molecule has 1 heterocycles. The van der Waals surface area contributed by atoms with E-state index in [1.165, 1.54) is 11.3 Å². The number of carbonyl (C=O) groups excluding carboxylic acids is 2. The second kappa shape index (κ2) is 10.5. The van der Waals surface area contributed by atoms with Gasteiger partial charge in [0.2, 0.25) is 0 Å². The maximum absolute atomic E-state index is 12.6. The minimum Gasteiger partial charge on any atom is -0.451 e. The number of rotatable bonds is 9. The number of hydrogen-bond donors (Lipinski definition) is 1. The number of aromatic nitrogens is 1. The summed E-state index contributed by atoms with van der Waals surface area (Å²) >= 11 is 1.33. The lowest BCUT2D eigenvalue weighted by molar-refractivity contribution is -0.136. The summed E-state index contributed by atoms with van der Waals surface area (Å²) in [5, 5.41) is 5.44. The Kier molecular flexibility index (Phi) is 7.57. The molecule has 0 spiro atoms. The van der Waals surface area contributed by atoms with Gasteiger partial charge in [0, 0.05) is 24.5 Å². The Morgan fingerprint density at radius 2 is 1.67 bits per heavy atom. The Morgan fingerprint density at radius 3 is 2.30 bits per heavy atom. The van der Waals surface area contributed by atoms with E-state index < -0.39 is 5.97 Å². The van der Waals surface area contributed by atoms with E-state index in [4.69, 9.17) is 4.74 Å². The van der Waals surface area contributed by atoms with Gasteiger partial charge >= 0.3 is 5.97 Å². The normalized spacial score (nSPS) is 10.6. The third kappa shape index (κ3) is 6.15. The molecule has 0 aliphatic carbocycles. The van der Waals surface area contributed by atoms with Gasteiger partial charge in [0.15, 0.2) is 17.4 Å². The highest BCUT2D eigenvalue weighted by molar-refractivity contribution is 7.13. The van der Waals surface area contributed by atoms with Crippen LogP contribution in [0.4, 0.5) is 5.13 Å². The molecule has 0 radical (unpaired) electrons. The molecule has 3 aromatic rings. The lowest BCUT2D eigenvalue weighted by Gasteiger charge is -2.26. The largest absolute Gasteiger partial charge is 0.451 e. The second-order valence-corrected chi connectivity index (χ2v) is 7.91. The molecule has 0 unspecified atom stereocenters. The highest BCUT2D eigenvalue weighted by Gasteiger charge is 2.20. The zero-order valence-corrected chi connectivity index (χ0v) is 17.9. The summed E-state index contributed by atoms with van der Waals surface area (Å²) in [7, 11) is 0. The Labute approximate surface area is 180 Å². The van der Waals surface area contributed by atoms with Gasteiger partial charge in [0.1, 0.15) is 0 Å². The number of carbonyl (C=O) groups is 2. The number of hydrogen-bond acceptors (Lipinski definition) is 6. The van der Waals surface area contributed by atoms with E-state index >= 15 is 0 Å². The van der Waals surface area contributed by atoms with Crippen LogP contribution in [0.1, 0.15) is 35.5 Å². The topological polar surface area (TPSA) is 71.5 Å². The number of anilines is 1. The third-order valence-corrected chi connectivity index (χ3v) is 5.27. The van der Waals surface area contributed by atoms with Crippen molar-refractivity contribution < 1.29 is 14.3 Å². The van der Waals surface area contributed by atoms with Crippen molar-refractivity contribution >= 4 is 28.3 Å². The Hall–Kier alpha value is -3.19. The molecular formula is C23H25N3O3S. The summed E-state index contributed by atoms with van der Waals surface area (Å²) in [6.07, 6.45) is 0. The lowest BCUT2D eigenvalue weighted by atomic mass is 10.2. The average molecular weight is 424 g/mol. The molecule has 6 nitrogen and oxygen atoms in total. The van der Waals surface area contributed by atoms with E-state index in [0.29, 0.717) is 18.2 Å². The predicted octanol–water partition coefficient (Wildman–Crippen LogP) is 4.35. The summed E-state index contributed by atoms with van der Waals surface area (Å²) < 4.78 is 5.22. The lowest BCUT2D eigenvalue weighted by Crippen LogP contribution is -2.39. The molecule has 0 aliphatic rings. The monoisotopic (exact) mass is 423 g/mol. The van der Waals surface area contributed by atoms with Crippen molar-refractivity contribution in [2.45, 2.75) is 33.0 Å². The van der Waals surface area contributed by atoms with E-state index in [0.717, 1.165) is 11.1 Å². The minimum absolute atomic E-state index is 0.00975. The van der Waals surface area contributed by atoms with Crippen LogP contribution in [0.15, 0.2) is 66.0 Å². The van der Waals surface area contributed by atoms with E-state index in [-0.39, 0.29) is 24.2 Å². The average Bonchev–Trinajstić information content (AvgIpc) is 3.24. The van der Waals surface area contributed by atoms with E-state index in [1.54, 1.807) is 10.3 Å². The smallest absolute Gasteiger partial charge is 0.358 e. The third-order valence-electron chi connectivity index (χ3n) is 4.47. The van der Waals surface area contributed by atoms with Crippen molar-refractivity contribution in [2.75, 3.05) is 11.9 Å². The molecule has 156 valence electrons. The van der Waals surface area contributed by atoms with Gasteiger partial charge in [-0.15, -0.1) is 11.3 Å². The van der Waals surface area contributed by atoms with Gasteiger partial charge in [0.05, 0.1) is 0 Å². The summed E-state index contributed by atoms with van der Waals surface area (Å²) in [6.45, 7) is 4.65. The van der Waals surface area contributed by atoms with Crippen molar-refractivity contribution in [2.24, 2.45) is 0 Å². The molecule has 0 saturated carbocycles. The van der Waals surface area contributed by atoms with Crippen LogP contribution in [0.5, 0.6) is 0 Å². The fourth-order valence-corrected chi connectivity index (χ4v) is 3.52. The first-order chi connectivity index (χ1) is 14.5. The summed E-state index contributed by atoms with van der Waals surface area (Å²) in [5.74, 6) is -0.837. The summed E-state index contributed by atoms with van der Waals surface area (Å²) in [5.41, 5.74) is 2.34. The number of ether oxygens (including phenoxy) is 1. The zero-order valence-electron chi connectivity index (χ0n) is 17.1. The molecule has 0 aliphatic heterocycles. The van der Waals surface area contributed by atoms with Gasteiger partial charge in [-0.2, -0.15) is 0 Å². The van der Waals surface area contributed by atoms with Crippen LogP contribution in [0, 0.1) is 0 Å². The van der Waals surface area contributed by atoms with Crippen molar-refractivity contribution in [1.82, 2.24) is 9.88 Å². The number of benzene rings is 2. The highest BCUT2D eigenvalue weighted by Crippen LogP contribution is 2.17. The van der Waals surface area contributed by atoms with E-state index in [9.17, 15) is 9.59 Å². The quantitative estimate of drug-likeness (QED) is 0.518. The zero-order chi connectivity index (χ0) is 21.3. The molecule has 1 amide bonds. The second-order valence-electron chi connectivity index (χ2n) is 7.05. The number of nitrogens with zero attached hydrogens (tertiary/aromatic N) is 2. The van der Waals surface area contributed by atoms with Gasteiger partial charge in [-0.3, -0.25) is 4.79 Å². The maximum atomic E-state index is 12.6. The first-order valence-corrected chi connectivity index (χ1v) is 10.6. The molecule has 0 atom stereocenters. The molecule has 7 heteroatoms. The molecule has 1 N–H and O–H groups in total. The van der Waals surface area contributed by atoms with Gasteiger partial charge in [0.25, 0.3) is 5.91 Å². The van der Waals surface area contributed by atoms with Crippen LogP contribution in [0.25, 0.3) is 0 Å². The minimum atomic E-state index is -0.601. The van der Waals surface area contributed by atoms with E-state index in [2.05, 4.69) is 10.3 Å². The van der Waals surface area contributed by atoms with Crippen molar-refractivity contribution in [1.29, 1.82) is 0 Å². The van der Waals surface area contributed by atoms with Crippen LogP contribution in [-0.4, -0.2) is 34.4 Å². The summed E-state index contributed by atoms with van der Waals surface area (Å²) in [6, 6.07) is 19.6. The molecule has 0 fully saturated rings.